The van der Waals surface area contributed by atoms with Crippen molar-refractivity contribution in [3.63, 3.8) is 0 Å². The highest BCUT2D eigenvalue weighted by atomic mass is 79.9. The Kier molecular flexibility index (Phi) is 6.08. The van der Waals surface area contributed by atoms with Gasteiger partial charge in [-0.2, -0.15) is 0 Å². The van der Waals surface area contributed by atoms with Crippen LogP contribution in [0.2, 0.25) is 0 Å². The van der Waals surface area contributed by atoms with E-state index < -0.39 is 0 Å². The van der Waals surface area contributed by atoms with Crippen molar-refractivity contribution in [2.45, 2.75) is 13.5 Å². The van der Waals surface area contributed by atoms with Gasteiger partial charge in [-0.1, -0.05) is 52.3 Å². The lowest BCUT2D eigenvalue weighted by Gasteiger charge is -2.10. The molecule has 2 heterocycles. The van der Waals surface area contributed by atoms with Gasteiger partial charge in [0, 0.05) is 33.4 Å². The Balaban J connectivity index is 1.70. The largest absolute Gasteiger partial charge is 0.497 e. The molecular weight excluding hydrogens is 486 g/mol. The summed E-state index contributed by atoms with van der Waals surface area (Å²) in [5.41, 5.74) is 7.85. The minimum Gasteiger partial charge on any atom is -0.497 e. The molecule has 0 saturated heterocycles. The summed E-state index contributed by atoms with van der Waals surface area (Å²) < 4.78 is 8.59. The van der Waals surface area contributed by atoms with Gasteiger partial charge in [0.25, 0.3) is 0 Å². The van der Waals surface area contributed by atoms with Gasteiger partial charge in [-0.05, 0) is 84.3 Å². The predicted octanol–water partition coefficient (Wildman–Crippen LogP) is 7.82. The third-order valence-electron chi connectivity index (χ3n) is 6.25. The van der Waals surface area contributed by atoms with Gasteiger partial charge in [0.2, 0.25) is 0 Å². The standard InChI is InChI=1S/C30H24BrNO2/c1-20-16-17-32-28(22-10-14-25(34-2)15-11-22)19-27(21-6-4-3-5-7-21)29(32)18-26(20)30(33)23-8-12-24(31)13-9-23/h3-16,18-19H,17H2,1-2H3. The number of hydrogen-bond acceptors (Lipinski definition) is 2. The van der Waals surface area contributed by atoms with Crippen molar-refractivity contribution in [3.8, 4) is 28.1 Å². The molecule has 0 amide bonds. The smallest absolute Gasteiger partial charge is 0.193 e. The minimum atomic E-state index is 0.0286. The zero-order valence-electron chi connectivity index (χ0n) is 19.1. The fourth-order valence-electron chi connectivity index (χ4n) is 4.36. The zero-order chi connectivity index (χ0) is 23.7. The third kappa shape index (κ3) is 4.17. The van der Waals surface area contributed by atoms with Crippen molar-refractivity contribution < 1.29 is 9.53 Å². The highest BCUT2D eigenvalue weighted by Gasteiger charge is 2.22. The summed E-state index contributed by atoms with van der Waals surface area (Å²) in [6.07, 6.45) is 4.19. The van der Waals surface area contributed by atoms with E-state index in [1.54, 1.807) is 7.11 Å². The van der Waals surface area contributed by atoms with Crippen LogP contribution in [0.25, 0.3) is 28.5 Å². The monoisotopic (exact) mass is 509 g/mol. The van der Waals surface area contributed by atoms with Gasteiger partial charge < -0.3 is 9.30 Å². The molecule has 1 aliphatic heterocycles. The Morgan fingerprint density at radius 1 is 0.912 bits per heavy atom. The summed E-state index contributed by atoms with van der Waals surface area (Å²) in [4.78, 5) is 13.5. The van der Waals surface area contributed by atoms with Crippen LogP contribution in [0.3, 0.4) is 0 Å². The van der Waals surface area contributed by atoms with Gasteiger partial charge in [0.15, 0.2) is 5.78 Å². The molecule has 0 radical (unpaired) electrons. The molecule has 4 heteroatoms. The van der Waals surface area contributed by atoms with E-state index in [2.05, 4.69) is 63.0 Å². The van der Waals surface area contributed by atoms with E-state index in [0.29, 0.717) is 12.1 Å². The van der Waals surface area contributed by atoms with E-state index in [1.807, 2.05) is 61.5 Å². The number of methoxy groups -OCH3 is 1. The van der Waals surface area contributed by atoms with Crippen molar-refractivity contribution in [2.24, 2.45) is 0 Å². The summed E-state index contributed by atoms with van der Waals surface area (Å²) in [6.45, 7) is 2.70. The van der Waals surface area contributed by atoms with Crippen LogP contribution in [0.15, 0.2) is 107 Å². The Morgan fingerprint density at radius 2 is 1.62 bits per heavy atom. The highest BCUT2D eigenvalue weighted by Crippen LogP contribution is 2.37. The molecule has 0 N–H and O–H groups in total. The highest BCUT2D eigenvalue weighted by molar-refractivity contribution is 9.10. The number of rotatable bonds is 5. The number of carbonyl (C=O) groups is 1. The number of halogens is 1. The topological polar surface area (TPSA) is 31.2 Å². The van der Waals surface area contributed by atoms with Gasteiger partial charge in [-0.25, -0.2) is 0 Å². The van der Waals surface area contributed by atoms with Crippen molar-refractivity contribution in [1.29, 1.82) is 0 Å². The van der Waals surface area contributed by atoms with E-state index in [9.17, 15) is 4.79 Å². The summed E-state index contributed by atoms with van der Waals surface area (Å²) in [5.74, 6) is 0.855. The third-order valence-corrected chi connectivity index (χ3v) is 6.77. The second-order valence-electron chi connectivity index (χ2n) is 8.31. The normalized spacial score (nSPS) is 12.9. The lowest BCUT2D eigenvalue weighted by Crippen LogP contribution is -2.04. The molecule has 0 saturated carbocycles. The minimum absolute atomic E-state index is 0.0286. The summed E-state index contributed by atoms with van der Waals surface area (Å²) in [7, 11) is 1.67. The van der Waals surface area contributed by atoms with E-state index in [4.69, 9.17) is 4.74 Å². The molecule has 0 unspecified atom stereocenters. The number of allylic oxidation sites excluding steroid dienone is 3. The zero-order valence-corrected chi connectivity index (χ0v) is 20.7. The van der Waals surface area contributed by atoms with Crippen molar-refractivity contribution in [1.82, 2.24) is 4.57 Å². The molecule has 3 nitrogen and oxygen atoms in total. The maximum Gasteiger partial charge on any atom is 0.193 e. The maximum absolute atomic E-state index is 13.5. The van der Waals surface area contributed by atoms with Crippen LogP contribution in [-0.4, -0.2) is 17.5 Å². The summed E-state index contributed by atoms with van der Waals surface area (Å²) in [6, 6.07) is 28.2. The van der Waals surface area contributed by atoms with Gasteiger partial charge in [0.1, 0.15) is 5.75 Å². The number of nitrogens with zero attached hydrogens (tertiary/aromatic N) is 1. The Morgan fingerprint density at radius 3 is 2.29 bits per heavy atom. The number of hydrogen-bond donors (Lipinski definition) is 0. The number of ketones is 1. The first-order valence-electron chi connectivity index (χ1n) is 11.2. The number of ether oxygens (including phenoxy) is 1. The SMILES string of the molecule is COc1ccc(-c2cc(-c3ccccc3)c3n2CC=C(C)C(C(=O)c2ccc(Br)cc2)=C3)cc1. The van der Waals surface area contributed by atoms with Crippen LogP contribution < -0.4 is 4.74 Å². The summed E-state index contributed by atoms with van der Waals surface area (Å²) >= 11 is 3.46. The number of aromatic nitrogens is 1. The average Bonchev–Trinajstić information content (AvgIpc) is 3.15. The first kappa shape index (κ1) is 22.2. The van der Waals surface area contributed by atoms with E-state index in [0.717, 1.165) is 49.4 Å². The predicted molar refractivity (Wildman–Crippen MR) is 142 cm³/mol. The van der Waals surface area contributed by atoms with E-state index in [-0.39, 0.29) is 5.78 Å². The fourth-order valence-corrected chi connectivity index (χ4v) is 4.62. The molecule has 5 rings (SSSR count). The fraction of sp³-hybridized carbons (Fsp3) is 0.100. The van der Waals surface area contributed by atoms with E-state index >= 15 is 0 Å². The molecule has 168 valence electrons. The van der Waals surface area contributed by atoms with Crippen LogP contribution in [0.4, 0.5) is 0 Å². The molecule has 0 fully saturated rings. The molecule has 1 aromatic heterocycles. The molecule has 0 atom stereocenters. The van der Waals surface area contributed by atoms with Crippen LogP contribution in [-0.2, 0) is 6.54 Å². The van der Waals surface area contributed by atoms with Crippen molar-refractivity contribution in [3.05, 3.63) is 118 Å². The quantitative estimate of drug-likeness (QED) is 0.256. The van der Waals surface area contributed by atoms with Gasteiger partial charge in [0.05, 0.1) is 12.8 Å². The maximum atomic E-state index is 13.5. The number of Topliss-reactive ketones (excluding diaryl/α,β-unsaturated/α-hetero) is 1. The van der Waals surface area contributed by atoms with Crippen molar-refractivity contribution >= 4 is 27.8 Å². The van der Waals surface area contributed by atoms with Crippen molar-refractivity contribution in [2.75, 3.05) is 7.11 Å². The second-order valence-corrected chi connectivity index (χ2v) is 9.23. The van der Waals surface area contributed by atoms with Crippen LogP contribution in [0.1, 0.15) is 23.0 Å². The Labute approximate surface area is 208 Å². The van der Waals surface area contributed by atoms with Crippen LogP contribution in [0, 0.1) is 0 Å². The Hall–Kier alpha value is -3.63. The molecule has 3 aromatic carbocycles. The lowest BCUT2D eigenvalue weighted by atomic mass is 9.95. The van der Waals surface area contributed by atoms with E-state index in [1.165, 1.54) is 0 Å². The molecule has 0 aliphatic carbocycles. The number of benzene rings is 3. The first-order chi connectivity index (χ1) is 16.5. The average molecular weight is 510 g/mol. The van der Waals surface area contributed by atoms with Gasteiger partial charge >= 0.3 is 0 Å². The molecule has 34 heavy (non-hydrogen) atoms. The van der Waals surface area contributed by atoms with Crippen LogP contribution >= 0.6 is 15.9 Å². The first-order valence-corrected chi connectivity index (χ1v) is 12.0. The lowest BCUT2D eigenvalue weighted by molar-refractivity contribution is 0.103. The number of carbonyl (C=O) groups excluding carboxylic acids is 1. The van der Waals surface area contributed by atoms with Gasteiger partial charge in [-0.3, -0.25) is 4.79 Å². The molecule has 0 bridgehead atoms. The second kappa shape index (κ2) is 9.32. The summed E-state index contributed by atoms with van der Waals surface area (Å²) in [5, 5.41) is 0. The Bertz CT molecular complexity index is 1410. The van der Waals surface area contributed by atoms with Gasteiger partial charge in [-0.15, -0.1) is 0 Å². The number of fused-ring (bicyclic) bond motifs is 1. The molecule has 0 spiro atoms. The molecule has 4 aromatic rings. The molecule has 1 aliphatic rings. The molecular formula is C30H24BrNO2. The van der Waals surface area contributed by atoms with Crippen LogP contribution in [0.5, 0.6) is 5.75 Å².